The third-order valence-electron chi connectivity index (χ3n) is 10.7. The largest absolute Gasteiger partial charge is 0.0683 e. The highest BCUT2D eigenvalue weighted by Crippen LogP contribution is 2.22. The number of aryl methyl sites for hydroxylation is 12. The van der Waals surface area contributed by atoms with Gasteiger partial charge in [-0.05, 0) is 149 Å². The maximum absolute atomic E-state index is 2.22. The summed E-state index contributed by atoms with van der Waals surface area (Å²) in [6, 6.07) is 64.2. The molecule has 0 bridgehead atoms. The van der Waals surface area contributed by atoms with Gasteiger partial charge in [0.05, 0.1) is 0 Å². The number of benzene rings is 9. The summed E-state index contributed by atoms with van der Waals surface area (Å²) >= 11 is 0. The van der Waals surface area contributed by atoms with Gasteiger partial charge in [0.25, 0.3) is 0 Å². The summed E-state index contributed by atoms with van der Waals surface area (Å²) in [5.74, 6) is 0. The Morgan fingerprint density at radius 2 is 0.389 bits per heavy atom. The SMILES string of the molecule is CC.CC.CC.CC.CC.CC.Cc1ccc(C)c2ccccc12.Cc1ccc(C)cc1.Cc1ccc2cc(C)ccc2c1.Cc1cccc(C)c1.Cc1cccc2c(C)cccc12.Cc1ccccc1C. The van der Waals surface area contributed by atoms with Crippen molar-refractivity contribution in [2.45, 2.75) is 166 Å². The minimum atomic E-state index is 1.33. The summed E-state index contributed by atoms with van der Waals surface area (Å²) in [7, 11) is 0. The molecule has 0 aliphatic rings. The van der Waals surface area contributed by atoms with Crippen LogP contribution in [-0.4, -0.2) is 0 Å². The molecule has 0 radical (unpaired) electrons. The predicted octanol–water partition coefficient (Wildman–Crippen LogP) is 23.4. The third kappa shape index (κ3) is 28.0. The van der Waals surface area contributed by atoms with Gasteiger partial charge in [0.15, 0.2) is 0 Å². The molecular formula is C72H102. The maximum atomic E-state index is 2.22. The molecule has 72 heavy (non-hydrogen) atoms. The lowest BCUT2D eigenvalue weighted by Crippen LogP contribution is -1.80. The van der Waals surface area contributed by atoms with Crippen molar-refractivity contribution in [3.8, 4) is 0 Å². The quantitative estimate of drug-likeness (QED) is 0.142. The Balaban J connectivity index is -0.000000766. The average molecular weight is 968 g/mol. The van der Waals surface area contributed by atoms with Gasteiger partial charge in [-0.1, -0.05) is 298 Å². The van der Waals surface area contributed by atoms with Gasteiger partial charge in [-0.25, -0.2) is 0 Å². The zero-order valence-corrected chi connectivity index (χ0v) is 50.3. The van der Waals surface area contributed by atoms with E-state index in [9.17, 15) is 0 Å². The predicted molar refractivity (Wildman–Crippen MR) is 336 cm³/mol. The molecule has 0 fully saturated rings. The van der Waals surface area contributed by atoms with Gasteiger partial charge in [-0.3, -0.25) is 0 Å². The van der Waals surface area contributed by atoms with Crippen molar-refractivity contribution < 1.29 is 0 Å². The first-order valence-electron chi connectivity index (χ1n) is 27.2. The lowest BCUT2D eigenvalue weighted by Gasteiger charge is -2.03. The normalized spacial score (nSPS) is 8.83. The minimum absolute atomic E-state index is 1.33. The van der Waals surface area contributed by atoms with Crippen molar-refractivity contribution in [3.05, 3.63) is 249 Å². The topological polar surface area (TPSA) is 0 Å². The van der Waals surface area contributed by atoms with E-state index in [4.69, 9.17) is 0 Å². The smallest absolute Gasteiger partial charge is 0.0152 e. The fourth-order valence-corrected chi connectivity index (χ4v) is 6.82. The Morgan fingerprint density at radius 1 is 0.167 bits per heavy atom. The van der Waals surface area contributed by atoms with E-state index < -0.39 is 0 Å². The zero-order valence-electron chi connectivity index (χ0n) is 50.3. The van der Waals surface area contributed by atoms with Crippen LogP contribution in [0.3, 0.4) is 0 Å². The molecule has 9 aromatic rings. The highest BCUT2D eigenvalue weighted by atomic mass is 14.0. The molecule has 9 rings (SSSR count). The molecule has 0 saturated carbocycles. The van der Waals surface area contributed by atoms with E-state index in [0.29, 0.717) is 0 Å². The number of rotatable bonds is 0. The van der Waals surface area contributed by atoms with Crippen LogP contribution in [0.2, 0.25) is 0 Å². The third-order valence-corrected chi connectivity index (χ3v) is 10.7. The zero-order chi connectivity index (χ0) is 55.6. The fraction of sp³-hybridized carbons (Fsp3) is 0.333. The van der Waals surface area contributed by atoms with Crippen LogP contribution in [0.5, 0.6) is 0 Å². The van der Waals surface area contributed by atoms with E-state index in [1.165, 1.54) is 99.1 Å². The molecular weight excluding hydrogens is 865 g/mol. The number of fused-ring (bicyclic) bond motifs is 3. The fourth-order valence-electron chi connectivity index (χ4n) is 6.82. The molecule has 390 valence electrons. The Bertz CT molecular complexity index is 2490. The van der Waals surface area contributed by atoms with Crippen LogP contribution in [0.25, 0.3) is 32.3 Å². The van der Waals surface area contributed by atoms with Gasteiger partial charge in [-0.15, -0.1) is 0 Å². The van der Waals surface area contributed by atoms with E-state index in [-0.39, 0.29) is 0 Å². The van der Waals surface area contributed by atoms with E-state index in [1.54, 1.807) is 0 Å². The molecule has 0 N–H and O–H groups in total. The lowest BCUT2D eigenvalue weighted by molar-refractivity contribution is 1.34. The van der Waals surface area contributed by atoms with Crippen LogP contribution in [0.15, 0.2) is 182 Å². The molecule has 0 atom stereocenters. The second kappa shape index (κ2) is 43.5. The van der Waals surface area contributed by atoms with Gasteiger partial charge >= 0.3 is 0 Å². The molecule has 9 aromatic carbocycles. The van der Waals surface area contributed by atoms with E-state index in [0.717, 1.165) is 0 Å². The van der Waals surface area contributed by atoms with Gasteiger partial charge in [0.1, 0.15) is 0 Å². The number of hydrogen-bond acceptors (Lipinski definition) is 0. The van der Waals surface area contributed by atoms with Crippen molar-refractivity contribution in [1.29, 1.82) is 0 Å². The average Bonchev–Trinajstić information content (AvgIpc) is 3.42. The van der Waals surface area contributed by atoms with Crippen LogP contribution in [0, 0.1) is 83.1 Å². The Hall–Kier alpha value is -6.24. The van der Waals surface area contributed by atoms with Crippen molar-refractivity contribution in [2.75, 3.05) is 0 Å². The maximum Gasteiger partial charge on any atom is -0.0152 e. The van der Waals surface area contributed by atoms with Crippen LogP contribution < -0.4 is 0 Å². The molecule has 0 aliphatic carbocycles. The summed E-state index contributed by atoms with van der Waals surface area (Å²) in [6.45, 7) is 49.5. The van der Waals surface area contributed by atoms with E-state index in [1.807, 2.05) is 83.1 Å². The van der Waals surface area contributed by atoms with Crippen LogP contribution in [-0.2, 0) is 0 Å². The van der Waals surface area contributed by atoms with Gasteiger partial charge in [-0.2, -0.15) is 0 Å². The Labute approximate surface area is 445 Å². The Kier molecular flexibility index (Phi) is 42.3. The van der Waals surface area contributed by atoms with Crippen LogP contribution in [0.4, 0.5) is 0 Å². The van der Waals surface area contributed by atoms with Crippen molar-refractivity contribution in [2.24, 2.45) is 0 Å². The van der Waals surface area contributed by atoms with Crippen molar-refractivity contribution in [3.63, 3.8) is 0 Å². The summed E-state index contributed by atoms with van der Waals surface area (Å²) in [4.78, 5) is 0. The van der Waals surface area contributed by atoms with Crippen molar-refractivity contribution >= 4 is 32.3 Å². The molecule has 0 heterocycles. The van der Waals surface area contributed by atoms with Gasteiger partial charge in [0.2, 0.25) is 0 Å². The molecule has 0 aliphatic heterocycles. The summed E-state index contributed by atoms with van der Waals surface area (Å²) in [5, 5.41) is 8.16. The molecule has 0 unspecified atom stereocenters. The number of hydrogen-bond donors (Lipinski definition) is 0. The second-order valence-electron chi connectivity index (χ2n) is 16.2. The first kappa shape index (κ1) is 70.0. The molecule has 0 heteroatoms. The molecule has 0 amide bonds. The standard InChI is InChI=1S/3C12H12.3C8H10.6C2H6/c1-9-3-5-12-8-10(2)4-6-11(12)7-9;1-9-5-3-8-12-10(2)6-4-7-11(9)12;1-9-7-8-10(2)12-6-4-3-5-11(9)12;1-7-3-5-8(2)6-4-7;1-7-4-3-5-8(2)6-7;1-7-5-3-4-6-8(7)2;6*1-2/h3*3-8H,1-2H3;3*3-6H,1-2H3;6*1-2H3. The molecule has 0 spiro atoms. The summed E-state index contributed by atoms with van der Waals surface area (Å²) < 4.78 is 0. The molecule has 0 aromatic heterocycles. The van der Waals surface area contributed by atoms with Crippen LogP contribution >= 0.6 is 0 Å². The highest BCUT2D eigenvalue weighted by molar-refractivity contribution is 5.89. The van der Waals surface area contributed by atoms with E-state index >= 15 is 0 Å². The van der Waals surface area contributed by atoms with Crippen LogP contribution in [0.1, 0.15) is 150 Å². The van der Waals surface area contributed by atoms with Crippen molar-refractivity contribution in [1.82, 2.24) is 0 Å². The molecule has 0 nitrogen and oxygen atoms in total. The van der Waals surface area contributed by atoms with E-state index in [2.05, 4.69) is 265 Å². The second-order valence-corrected chi connectivity index (χ2v) is 16.2. The van der Waals surface area contributed by atoms with Gasteiger partial charge < -0.3 is 0 Å². The summed E-state index contributed by atoms with van der Waals surface area (Å²) in [6.07, 6.45) is 0. The first-order valence-corrected chi connectivity index (χ1v) is 27.2. The monoisotopic (exact) mass is 967 g/mol. The summed E-state index contributed by atoms with van der Waals surface area (Å²) in [5.41, 5.74) is 16.2. The Morgan fingerprint density at radius 3 is 0.667 bits per heavy atom. The lowest BCUT2D eigenvalue weighted by atomic mass is 10.0. The minimum Gasteiger partial charge on any atom is -0.0683 e. The molecule has 0 saturated heterocycles. The first-order chi connectivity index (χ1) is 34.7. The van der Waals surface area contributed by atoms with Gasteiger partial charge in [0, 0.05) is 0 Å². The highest BCUT2D eigenvalue weighted by Gasteiger charge is 1.98.